The Hall–Kier alpha value is -1.95. The molecule has 2 saturated carbocycles. The Morgan fingerprint density at radius 3 is 2.96 bits per heavy atom. The number of nitrogens with one attached hydrogen (secondary N) is 1. The van der Waals surface area contributed by atoms with E-state index in [9.17, 15) is 4.79 Å². The molecule has 1 N–H and O–H groups in total. The molecule has 128 valence electrons. The highest BCUT2D eigenvalue weighted by molar-refractivity contribution is 6.05. The molecule has 2 aromatic rings. The summed E-state index contributed by atoms with van der Waals surface area (Å²) < 4.78 is 7.58. The van der Waals surface area contributed by atoms with Crippen molar-refractivity contribution in [1.29, 1.82) is 0 Å². The fraction of sp³-hybridized carbons (Fsp3) is 0.611. The first-order valence-corrected chi connectivity index (χ1v) is 8.77. The molecule has 6 heteroatoms. The molecular weight excluding hydrogens is 304 g/mol. The smallest absolute Gasteiger partial charge is 0.252 e. The number of ether oxygens (including phenoxy) is 1. The van der Waals surface area contributed by atoms with Gasteiger partial charge in [0.2, 0.25) is 0 Å². The minimum absolute atomic E-state index is 0.0234. The number of aryl methyl sites for hydroxylation is 2. The summed E-state index contributed by atoms with van der Waals surface area (Å²) in [4.78, 5) is 17.4. The zero-order valence-corrected chi connectivity index (χ0v) is 14.5. The molecule has 0 saturated heterocycles. The van der Waals surface area contributed by atoms with E-state index in [1.54, 1.807) is 10.9 Å². The summed E-state index contributed by atoms with van der Waals surface area (Å²) in [5.41, 5.74) is 2.41. The fourth-order valence-corrected chi connectivity index (χ4v) is 4.30. The van der Waals surface area contributed by atoms with Gasteiger partial charge in [-0.25, -0.2) is 4.98 Å². The number of pyridine rings is 1. The van der Waals surface area contributed by atoms with Crippen LogP contribution < -0.4 is 5.32 Å². The lowest BCUT2D eigenvalue weighted by atomic mass is 9.51. The normalized spacial score (nSPS) is 24.6. The van der Waals surface area contributed by atoms with Crippen molar-refractivity contribution in [3.05, 3.63) is 23.5 Å². The molecule has 6 nitrogen and oxygen atoms in total. The number of nitrogens with zero attached hydrogens (tertiary/aromatic N) is 3. The highest BCUT2D eigenvalue weighted by Crippen LogP contribution is 2.57. The molecule has 0 bridgehead atoms. The third kappa shape index (κ3) is 2.16. The molecule has 2 aliphatic carbocycles. The van der Waals surface area contributed by atoms with Crippen molar-refractivity contribution in [2.75, 3.05) is 6.61 Å². The number of rotatable bonds is 4. The van der Waals surface area contributed by atoms with Crippen LogP contribution in [0.25, 0.3) is 11.0 Å². The van der Waals surface area contributed by atoms with Gasteiger partial charge in [-0.15, -0.1) is 0 Å². The molecule has 1 amide bonds. The molecule has 2 aliphatic rings. The third-order valence-electron chi connectivity index (χ3n) is 5.82. The number of hydrogen-bond donors (Lipinski definition) is 1. The molecule has 2 fully saturated rings. The van der Waals surface area contributed by atoms with E-state index in [4.69, 9.17) is 4.74 Å². The number of hydrogen-bond acceptors (Lipinski definition) is 4. The lowest BCUT2D eigenvalue weighted by Crippen LogP contribution is -2.67. The van der Waals surface area contributed by atoms with E-state index < -0.39 is 0 Å². The minimum atomic E-state index is -0.0234. The van der Waals surface area contributed by atoms with Crippen LogP contribution in [0.15, 0.2) is 12.3 Å². The number of carbonyl (C=O) groups is 1. The average Bonchev–Trinajstić information content (AvgIpc) is 2.85. The maximum Gasteiger partial charge on any atom is 0.252 e. The van der Waals surface area contributed by atoms with Crippen LogP contribution >= 0.6 is 0 Å². The fourth-order valence-electron chi connectivity index (χ4n) is 4.30. The Labute approximate surface area is 141 Å². The summed E-state index contributed by atoms with van der Waals surface area (Å²) in [6, 6.07) is 2.07. The Morgan fingerprint density at radius 1 is 1.50 bits per heavy atom. The van der Waals surface area contributed by atoms with Crippen LogP contribution in [0, 0.1) is 12.3 Å². The summed E-state index contributed by atoms with van der Waals surface area (Å²) >= 11 is 0. The van der Waals surface area contributed by atoms with Crippen molar-refractivity contribution in [3.63, 3.8) is 0 Å². The van der Waals surface area contributed by atoms with Crippen LogP contribution in [0.2, 0.25) is 0 Å². The van der Waals surface area contributed by atoms with Crippen LogP contribution in [-0.2, 0) is 11.8 Å². The standard InChI is InChI=1S/C18H24N4O2/c1-4-24-15-9-14(18(15)6-5-7-18)21-17(23)12-8-11(2)20-16-13(12)10-19-22(16)3/h8,10,14-15H,4-7,9H2,1-3H3,(H,21,23)/t14-,15+/m1/s1. The molecule has 0 radical (unpaired) electrons. The van der Waals surface area contributed by atoms with E-state index in [2.05, 4.69) is 15.4 Å². The van der Waals surface area contributed by atoms with Crippen LogP contribution in [0.3, 0.4) is 0 Å². The van der Waals surface area contributed by atoms with Gasteiger partial charge in [0.25, 0.3) is 5.91 Å². The van der Waals surface area contributed by atoms with Gasteiger partial charge in [-0.3, -0.25) is 9.48 Å². The van der Waals surface area contributed by atoms with Crippen molar-refractivity contribution < 1.29 is 9.53 Å². The van der Waals surface area contributed by atoms with Crippen LogP contribution in [0.1, 0.15) is 48.7 Å². The predicted octanol–water partition coefficient (Wildman–Crippen LogP) is 2.35. The van der Waals surface area contributed by atoms with Gasteiger partial charge >= 0.3 is 0 Å². The minimum Gasteiger partial charge on any atom is -0.378 e. The first-order chi connectivity index (χ1) is 11.5. The first kappa shape index (κ1) is 15.6. The molecule has 24 heavy (non-hydrogen) atoms. The molecule has 2 aromatic heterocycles. The van der Waals surface area contributed by atoms with E-state index in [-0.39, 0.29) is 17.4 Å². The number of fused-ring (bicyclic) bond motifs is 1. The first-order valence-electron chi connectivity index (χ1n) is 8.77. The predicted molar refractivity (Wildman–Crippen MR) is 90.8 cm³/mol. The number of aromatic nitrogens is 3. The van der Waals surface area contributed by atoms with Crippen LogP contribution in [0.4, 0.5) is 0 Å². The van der Waals surface area contributed by atoms with Gasteiger partial charge in [-0.2, -0.15) is 5.10 Å². The van der Waals surface area contributed by atoms with E-state index in [1.807, 2.05) is 27.0 Å². The molecule has 0 unspecified atom stereocenters. The Balaban J connectivity index is 1.57. The molecule has 0 aliphatic heterocycles. The van der Waals surface area contributed by atoms with Crippen molar-refractivity contribution >= 4 is 16.9 Å². The molecule has 1 spiro atoms. The second kappa shape index (κ2) is 5.55. The highest BCUT2D eigenvalue weighted by Gasteiger charge is 2.59. The summed E-state index contributed by atoms with van der Waals surface area (Å²) in [7, 11) is 1.85. The summed E-state index contributed by atoms with van der Waals surface area (Å²) in [6.07, 6.45) is 6.48. The van der Waals surface area contributed by atoms with Crippen LogP contribution in [0.5, 0.6) is 0 Å². The number of carbonyl (C=O) groups excluding carboxylic acids is 1. The maximum atomic E-state index is 12.9. The second-order valence-electron chi connectivity index (χ2n) is 7.11. The lowest BCUT2D eigenvalue weighted by molar-refractivity contribution is -0.169. The Morgan fingerprint density at radius 2 is 2.29 bits per heavy atom. The SMILES string of the molecule is CCO[C@H]1C[C@@H](NC(=O)c2cc(C)nc3c2cnn3C)C12CCC2. The summed E-state index contributed by atoms with van der Waals surface area (Å²) in [5, 5.41) is 8.31. The molecule has 4 rings (SSSR count). The van der Waals surface area contributed by atoms with E-state index >= 15 is 0 Å². The van der Waals surface area contributed by atoms with Crippen molar-refractivity contribution in [2.45, 2.75) is 51.7 Å². The molecule has 2 atom stereocenters. The second-order valence-corrected chi connectivity index (χ2v) is 7.11. The molecular formula is C18H24N4O2. The van der Waals surface area contributed by atoms with E-state index in [1.165, 1.54) is 6.42 Å². The Bertz CT molecular complexity index is 794. The lowest BCUT2D eigenvalue weighted by Gasteiger charge is -2.61. The van der Waals surface area contributed by atoms with Gasteiger partial charge in [-0.1, -0.05) is 6.42 Å². The van der Waals surface area contributed by atoms with Crippen molar-refractivity contribution in [2.24, 2.45) is 12.5 Å². The Kier molecular flexibility index (Phi) is 3.60. The molecule has 0 aromatic carbocycles. The van der Waals surface area contributed by atoms with E-state index in [0.717, 1.165) is 42.6 Å². The monoisotopic (exact) mass is 328 g/mol. The van der Waals surface area contributed by atoms with Gasteiger partial charge in [-0.05, 0) is 39.2 Å². The van der Waals surface area contributed by atoms with Crippen LogP contribution in [-0.4, -0.2) is 39.4 Å². The van der Waals surface area contributed by atoms with Gasteiger partial charge < -0.3 is 10.1 Å². The van der Waals surface area contributed by atoms with Gasteiger partial charge in [0, 0.05) is 30.8 Å². The van der Waals surface area contributed by atoms with E-state index in [0.29, 0.717) is 11.7 Å². The average molecular weight is 328 g/mol. The summed E-state index contributed by atoms with van der Waals surface area (Å²) in [5.74, 6) is -0.0234. The number of amides is 1. The quantitative estimate of drug-likeness (QED) is 0.935. The topological polar surface area (TPSA) is 69.0 Å². The van der Waals surface area contributed by atoms with Crippen molar-refractivity contribution in [1.82, 2.24) is 20.1 Å². The van der Waals surface area contributed by atoms with Gasteiger partial charge in [0.15, 0.2) is 5.65 Å². The summed E-state index contributed by atoms with van der Waals surface area (Å²) in [6.45, 7) is 4.69. The molecule has 2 heterocycles. The largest absolute Gasteiger partial charge is 0.378 e. The highest BCUT2D eigenvalue weighted by atomic mass is 16.5. The van der Waals surface area contributed by atoms with Gasteiger partial charge in [0.1, 0.15) is 0 Å². The van der Waals surface area contributed by atoms with Gasteiger partial charge in [0.05, 0.1) is 23.3 Å². The zero-order chi connectivity index (χ0) is 16.9. The van der Waals surface area contributed by atoms with Crippen molar-refractivity contribution in [3.8, 4) is 0 Å². The zero-order valence-electron chi connectivity index (χ0n) is 14.5. The maximum absolute atomic E-state index is 12.9. The third-order valence-corrected chi connectivity index (χ3v) is 5.82.